The Hall–Kier alpha value is -0.0800. The standard InChI is InChI=1S/C10H22N2/c1-3-9(4-2)12-10-6-5-7-11-8-10/h9-12H,3-8H2,1-2H3/t10-/m1/s1. The van der Waals surface area contributed by atoms with E-state index < -0.39 is 0 Å². The number of hydrogen-bond donors (Lipinski definition) is 2. The van der Waals surface area contributed by atoms with Crippen LogP contribution in [0.3, 0.4) is 0 Å². The van der Waals surface area contributed by atoms with Crippen LogP contribution in [0.5, 0.6) is 0 Å². The SMILES string of the molecule is CCC(CC)N[C@@H]1CCCNC1. The summed E-state index contributed by atoms with van der Waals surface area (Å²) in [5.41, 5.74) is 0. The smallest absolute Gasteiger partial charge is 0.0195 e. The van der Waals surface area contributed by atoms with Crippen LogP contribution >= 0.6 is 0 Å². The van der Waals surface area contributed by atoms with Crippen LogP contribution in [0.4, 0.5) is 0 Å². The molecule has 1 atom stereocenters. The van der Waals surface area contributed by atoms with Gasteiger partial charge in [0.05, 0.1) is 0 Å². The molecule has 0 aromatic heterocycles. The van der Waals surface area contributed by atoms with E-state index >= 15 is 0 Å². The molecule has 1 aliphatic heterocycles. The number of piperidine rings is 1. The zero-order chi connectivity index (χ0) is 8.81. The molecule has 0 amide bonds. The maximum Gasteiger partial charge on any atom is 0.0195 e. The van der Waals surface area contributed by atoms with E-state index in [0.29, 0.717) is 0 Å². The van der Waals surface area contributed by atoms with Gasteiger partial charge in [0.15, 0.2) is 0 Å². The topological polar surface area (TPSA) is 24.1 Å². The summed E-state index contributed by atoms with van der Waals surface area (Å²) in [6, 6.07) is 1.46. The molecule has 0 bridgehead atoms. The maximum atomic E-state index is 3.69. The molecule has 1 fully saturated rings. The first kappa shape index (κ1) is 10.0. The summed E-state index contributed by atoms with van der Waals surface area (Å²) in [4.78, 5) is 0. The van der Waals surface area contributed by atoms with E-state index in [9.17, 15) is 0 Å². The van der Waals surface area contributed by atoms with Gasteiger partial charge in [-0.15, -0.1) is 0 Å². The van der Waals surface area contributed by atoms with Gasteiger partial charge in [0.25, 0.3) is 0 Å². The Kier molecular flexibility index (Phi) is 4.62. The van der Waals surface area contributed by atoms with Gasteiger partial charge in [-0.2, -0.15) is 0 Å². The van der Waals surface area contributed by atoms with Crippen molar-refractivity contribution in [1.29, 1.82) is 0 Å². The van der Waals surface area contributed by atoms with E-state index in [1.165, 1.54) is 32.2 Å². The van der Waals surface area contributed by atoms with Crippen molar-refractivity contribution < 1.29 is 0 Å². The van der Waals surface area contributed by atoms with Crippen LogP contribution in [0.25, 0.3) is 0 Å². The van der Waals surface area contributed by atoms with Crippen LogP contribution in [0.15, 0.2) is 0 Å². The maximum absolute atomic E-state index is 3.69. The van der Waals surface area contributed by atoms with Gasteiger partial charge in [-0.3, -0.25) is 0 Å². The molecule has 1 rings (SSSR count). The van der Waals surface area contributed by atoms with Crippen LogP contribution in [0.2, 0.25) is 0 Å². The molecule has 0 spiro atoms. The van der Waals surface area contributed by atoms with Crippen molar-refractivity contribution in [2.24, 2.45) is 0 Å². The van der Waals surface area contributed by atoms with Crippen LogP contribution < -0.4 is 10.6 Å². The van der Waals surface area contributed by atoms with Gasteiger partial charge in [0.1, 0.15) is 0 Å². The highest BCUT2D eigenvalue weighted by molar-refractivity contribution is 4.78. The first-order chi connectivity index (χ1) is 5.86. The van der Waals surface area contributed by atoms with Gasteiger partial charge in [-0.25, -0.2) is 0 Å². The Morgan fingerprint density at radius 1 is 1.42 bits per heavy atom. The Morgan fingerprint density at radius 2 is 2.17 bits per heavy atom. The molecule has 0 aromatic rings. The third-order valence-corrected chi connectivity index (χ3v) is 2.75. The van der Waals surface area contributed by atoms with Crippen molar-refractivity contribution in [3.05, 3.63) is 0 Å². The van der Waals surface area contributed by atoms with Crippen LogP contribution in [0, 0.1) is 0 Å². The molecule has 0 aromatic carbocycles. The van der Waals surface area contributed by atoms with Gasteiger partial charge >= 0.3 is 0 Å². The Balaban J connectivity index is 2.18. The lowest BCUT2D eigenvalue weighted by Crippen LogP contribution is -2.47. The summed E-state index contributed by atoms with van der Waals surface area (Å²) in [7, 11) is 0. The van der Waals surface area contributed by atoms with Crippen molar-refractivity contribution in [3.63, 3.8) is 0 Å². The van der Waals surface area contributed by atoms with Gasteiger partial charge in [0, 0.05) is 18.6 Å². The molecule has 0 unspecified atom stereocenters. The van der Waals surface area contributed by atoms with Crippen molar-refractivity contribution in [3.8, 4) is 0 Å². The summed E-state index contributed by atoms with van der Waals surface area (Å²) >= 11 is 0. The molecule has 72 valence electrons. The van der Waals surface area contributed by atoms with E-state index in [2.05, 4.69) is 24.5 Å². The molecule has 0 radical (unpaired) electrons. The van der Waals surface area contributed by atoms with Gasteiger partial charge in [0.2, 0.25) is 0 Å². The van der Waals surface area contributed by atoms with Crippen LogP contribution in [0.1, 0.15) is 39.5 Å². The Bertz CT molecular complexity index is 104. The molecular formula is C10H22N2. The average molecular weight is 170 g/mol. The van der Waals surface area contributed by atoms with Crippen LogP contribution in [-0.2, 0) is 0 Å². The largest absolute Gasteiger partial charge is 0.315 e. The van der Waals surface area contributed by atoms with Crippen molar-refractivity contribution in [1.82, 2.24) is 10.6 Å². The average Bonchev–Trinajstić information content (AvgIpc) is 2.16. The summed E-state index contributed by atoms with van der Waals surface area (Å²) in [5, 5.41) is 7.12. The highest BCUT2D eigenvalue weighted by atomic mass is 15.0. The second-order valence-electron chi connectivity index (χ2n) is 3.72. The van der Waals surface area contributed by atoms with E-state index in [1.54, 1.807) is 0 Å². The molecular weight excluding hydrogens is 148 g/mol. The fourth-order valence-electron chi connectivity index (χ4n) is 1.85. The van der Waals surface area contributed by atoms with Crippen LogP contribution in [-0.4, -0.2) is 25.2 Å². The summed E-state index contributed by atoms with van der Waals surface area (Å²) < 4.78 is 0. The van der Waals surface area contributed by atoms with Gasteiger partial charge in [-0.05, 0) is 32.2 Å². The lowest BCUT2D eigenvalue weighted by atomic mass is 10.0. The van der Waals surface area contributed by atoms with Gasteiger partial charge < -0.3 is 10.6 Å². The highest BCUT2D eigenvalue weighted by Gasteiger charge is 2.14. The normalized spacial score (nSPS) is 24.8. The quantitative estimate of drug-likeness (QED) is 0.668. The predicted octanol–water partition coefficient (Wildman–Crippen LogP) is 1.52. The van der Waals surface area contributed by atoms with E-state index in [1.807, 2.05) is 0 Å². The Morgan fingerprint density at radius 3 is 2.67 bits per heavy atom. The third-order valence-electron chi connectivity index (χ3n) is 2.75. The molecule has 2 N–H and O–H groups in total. The van der Waals surface area contributed by atoms with E-state index in [-0.39, 0.29) is 0 Å². The van der Waals surface area contributed by atoms with E-state index in [0.717, 1.165) is 18.6 Å². The molecule has 1 aliphatic rings. The van der Waals surface area contributed by atoms with Gasteiger partial charge in [-0.1, -0.05) is 13.8 Å². The minimum Gasteiger partial charge on any atom is -0.315 e. The van der Waals surface area contributed by atoms with Crippen molar-refractivity contribution >= 4 is 0 Å². The summed E-state index contributed by atoms with van der Waals surface area (Å²) in [5.74, 6) is 0. The predicted molar refractivity (Wildman–Crippen MR) is 53.4 cm³/mol. The fraction of sp³-hybridized carbons (Fsp3) is 1.00. The van der Waals surface area contributed by atoms with E-state index in [4.69, 9.17) is 0 Å². The second kappa shape index (κ2) is 5.55. The molecule has 12 heavy (non-hydrogen) atoms. The zero-order valence-electron chi connectivity index (χ0n) is 8.40. The lowest BCUT2D eigenvalue weighted by Gasteiger charge is -2.28. The van der Waals surface area contributed by atoms with Crippen molar-refractivity contribution in [2.45, 2.75) is 51.6 Å². The summed E-state index contributed by atoms with van der Waals surface area (Å²) in [6.45, 7) is 6.90. The molecule has 1 saturated heterocycles. The monoisotopic (exact) mass is 170 g/mol. The first-order valence-corrected chi connectivity index (χ1v) is 5.33. The number of rotatable bonds is 4. The molecule has 2 heteroatoms. The molecule has 1 heterocycles. The van der Waals surface area contributed by atoms with Crippen molar-refractivity contribution in [2.75, 3.05) is 13.1 Å². The minimum atomic E-state index is 0.726. The Labute approximate surface area is 76.1 Å². The molecule has 2 nitrogen and oxygen atoms in total. The first-order valence-electron chi connectivity index (χ1n) is 5.33. The number of nitrogens with one attached hydrogen (secondary N) is 2. The third kappa shape index (κ3) is 3.11. The minimum absolute atomic E-state index is 0.726. The molecule has 0 saturated carbocycles. The second-order valence-corrected chi connectivity index (χ2v) is 3.72. The lowest BCUT2D eigenvalue weighted by molar-refractivity contribution is 0.340. The molecule has 0 aliphatic carbocycles. The zero-order valence-corrected chi connectivity index (χ0v) is 8.40. The number of hydrogen-bond acceptors (Lipinski definition) is 2. The highest BCUT2D eigenvalue weighted by Crippen LogP contribution is 2.05. The summed E-state index contributed by atoms with van der Waals surface area (Å²) in [6.07, 6.45) is 5.20. The fourth-order valence-corrected chi connectivity index (χ4v) is 1.85.